The second-order valence-corrected chi connectivity index (χ2v) is 13.3. The maximum atomic E-state index is 14.8. The summed E-state index contributed by atoms with van der Waals surface area (Å²) in [6, 6.07) is 6.87. The standard InChI is InChI=1S/C31H29F4N5O4S/c1-17-25(32)27(34)29(28(35)26(17)33)45(43,44)40-12-11-24(40)31(42)39(21-8-9-22-20(13-21)15-37-38-30(22)41)16-18-7-10-23(36-14-18)19-5-3-2-4-6-19/h7-10,13-15,19,24H,2-6,11-12,16H2,1H3,(H,38,41)/t24-/m1/s1. The van der Waals surface area contributed by atoms with Crippen molar-refractivity contribution in [2.45, 2.75) is 68.8 Å². The minimum Gasteiger partial charge on any atom is -0.307 e. The molecule has 0 spiro atoms. The number of carbonyl (C=O) groups excluding carboxylic acids is 1. The van der Waals surface area contributed by atoms with Crippen molar-refractivity contribution in [1.29, 1.82) is 0 Å². The van der Waals surface area contributed by atoms with Gasteiger partial charge in [0.15, 0.2) is 28.2 Å². The monoisotopic (exact) mass is 643 g/mol. The van der Waals surface area contributed by atoms with Crippen LogP contribution in [0.25, 0.3) is 10.8 Å². The number of anilines is 1. The largest absolute Gasteiger partial charge is 0.307 e. The third-order valence-electron chi connectivity index (χ3n) is 8.70. The maximum absolute atomic E-state index is 14.8. The second kappa shape index (κ2) is 12.0. The zero-order valence-electron chi connectivity index (χ0n) is 24.2. The Balaban J connectivity index is 1.35. The number of nitrogens with zero attached hydrogens (tertiary/aromatic N) is 4. The predicted molar refractivity (Wildman–Crippen MR) is 157 cm³/mol. The van der Waals surface area contributed by atoms with E-state index in [4.69, 9.17) is 0 Å². The van der Waals surface area contributed by atoms with E-state index in [-0.39, 0.29) is 19.5 Å². The van der Waals surface area contributed by atoms with Gasteiger partial charge in [0.05, 0.1) is 18.1 Å². The zero-order chi connectivity index (χ0) is 32.0. The van der Waals surface area contributed by atoms with Gasteiger partial charge in [-0.25, -0.2) is 31.1 Å². The van der Waals surface area contributed by atoms with Crippen LogP contribution in [0.5, 0.6) is 0 Å². The van der Waals surface area contributed by atoms with Crippen LogP contribution in [0.4, 0.5) is 23.2 Å². The summed E-state index contributed by atoms with van der Waals surface area (Å²) < 4.78 is 85.5. The first-order valence-electron chi connectivity index (χ1n) is 14.6. The van der Waals surface area contributed by atoms with E-state index in [0.29, 0.717) is 32.2 Å². The molecule has 14 heteroatoms. The molecule has 4 aromatic rings. The van der Waals surface area contributed by atoms with Gasteiger partial charge >= 0.3 is 0 Å². The number of aromatic amines is 1. The number of aromatic nitrogens is 3. The van der Waals surface area contributed by atoms with Gasteiger partial charge in [-0.15, -0.1) is 0 Å². The Labute approximate surface area is 255 Å². The van der Waals surface area contributed by atoms with E-state index >= 15 is 0 Å². The van der Waals surface area contributed by atoms with Crippen molar-refractivity contribution in [3.8, 4) is 0 Å². The molecule has 2 fully saturated rings. The lowest BCUT2D eigenvalue weighted by atomic mass is 9.86. The number of benzene rings is 2. The Hall–Kier alpha value is -4.17. The first-order chi connectivity index (χ1) is 21.5. The number of fused-ring (bicyclic) bond motifs is 1. The van der Waals surface area contributed by atoms with Gasteiger partial charge in [-0.2, -0.15) is 9.40 Å². The number of rotatable bonds is 7. The molecular formula is C31H29F4N5O4S. The summed E-state index contributed by atoms with van der Waals surface area (Å²) in [7, 11) is -5.18. The van der Waals surface area contributed by atoms with Crippen molar-refractivity contribution in [1.82, 2.24) is 19.5 Å². The summed E-state index contributed by atoms with van der Waals surface area (Å²) in [5.74, 6) is -8.17. The molecule has 0 radical (unpaired) electrons. The van der Waals surface area contributed by atoms with Crippen LogP contribution in [-0.2, 0) is 21.4 Å². The number of hydrogen-bond donors (Lipinski definition) is 1. The lowest BCUT2D eigenvalue weighted by Crippen LogP contribution is -2.59. The topological polar surface area (TPSA) is 116 Å². The molecule has 9 nitrogen and oxygen atoms in total. The molecule has 1 aliphatic carbocycles. The Morgan fingerprint density at radius 3 is 2.31 bits per heavy atom. The summed E-state index contributed by atoms with van der Waals surface area (Å²) in [5, 5.41) is 6.85. The third-order valence-corrected chi connectivity index (χ3v) is 10.6. The van der Waals surface area contributed by atoms with Crippen LogP contribution < -0.4 is 10.5 Å². The van der Waals surface area contributed by atoms with Crippen molar-refractivity contribution in [2.75, 3.05) is 11.4 Å². The summed E-state index contributed by atoms with van der Waals surface area (Å²) >= 11 is 0. The zero-order valence-corrected chi connectivity index (χ0v) is 25.0. The van der Waals surface area contributed by atoms with Gasteiger partial charge in [-0.05, 0) is 56.0 Å². The highest BCUT2D eigenvalue weighted by atomic mass is 32.2. The van der Waals surface area contributed by atoms with Crippen LogP contribution in [0.2, 0.25) is 0 Å². The smallest absolute Gasteiger partial charge is 0.272 e. The average molecular weight is 644 g/mol. The lowest BCUT2D eigenvalue weighted by Gasteiger charge is -2.41. The van der Waals surface area contributed by atoms with Crippen molar-refractivity contribution < 1.29 is 30.8 Å². The molecule has 0 bridgehead atoms. The highest BCUT2D eigenvalue weighted by molar-refractivity contribution is 7.89. The molecule has 3 heterocycles. The summed E-state index contributed by atoms with van der Waals surface area (Å²) in [6.45, 7) is 0.418. The van der Waals surface area contributed by atoms with Crippen molar-refractivity contribution in [3.05, 3.63) is 93.2 Å². The van der Waals surface area contributed by atoms with E-state index in [2.05, 4.69) is 15.2 Å². The van der Waals surface area contributed by atoms with Gasteiger partial charge in [0.25, 0.3) is 5.56 Å². The molecule has 1 saturated carbocycles. The fourth-order valence-corrected chi connectivity index (χ4v) is 7.79. The van der Waals surface area contributed by atoms with Crippen LogP contribution in [-0.4, -0.2) is 46.4 Å². The Morgan fingerprint density at radius 1 is 0.978 bits per heavy atom. The van der Waals surface area contributed by atoms with Crippen LogP contribution in [0.1, 0.15) is 61.3 Å². The number of hydrogen-bond acceptors (Lipinski definition) is 6. The highest BCUT2D eigenvalue weighted by Gasteiger charge is 2.47. The van der Waals surface area contributed by atoms with Crippen LogP contribution in [0.3, 0.4) is 0 Å². The van der Waals surface area contributed by atoms with E-state index in [9.17, 15) is 35.6 Å². The van der Waals surface area contributed by atoms with Crippen LogP contribution in [0, 0.1) is 30.2 Å². The molecule has 1 saturated heterocycles. The minimum absolute atomic E-state index is 0.0116. The van der Waals surface area contributed by atoms with Gasteiger partial charge in [-0.1, -0.05) is 25.3 Å². The van der Waals surface area contributed by atoms with Crippen molar-refractivity contribution >= 4 is 32.4 Å². The second-order valence-electron chi connectivity index (χ2n) is 11.5. The molecule has 2 aromatic heterocycles. The first kappa shape index (κ1) is 30.8. The molecule has 2 aromatic carbocycles. The molecule has 1 aliphatic heterocycles. The molecule has 236 valence electrons. The quantitative estimate of drug-likeness (QED) is 0.218. The molecule has 1 amide bonds. The van der Waals surface area contributed by atoms with E-state index in [0.717, 1.165) is 38.3 Å². The van der Waals surface area contributed by atoms with Gasteiger partial charge in [0.2, 0.25) is 15.9 Å². The van der Waals surface area contributed by atoms with E-state index < -0.39 is 61.3 Å². The fourth-order valence-electron chi connectivity index (χ4n) is 6.04. The molecular weight excluding hydrogens is 614 g/mol. The van der Waals surface area contributed by atoms with Crippen molar-refractivity contribution in [3.63, 3.8) is 0 Å². The number of amides is 1. The summed E-state index contributed by atoms with van der Waals surface area (Å²) in [5.41, 5.74) is 0.424. The van der Waals surface area contributed by atoms with E-state index in [1.165, 1.54) is 29.7 Å². The van der Waals surface area contributed by atoms with E-state index in [1.54, 1.807) is 12.3 Å². The minimum atomic E-state index is -5.18. The Kier molecular flexibility index (Phi) is 8.20. The van der Waals surface area contributed by atoms with Gasteiger partial charge in [0, 0.05) is 41.0 Å². The molecule has 45 heavy (non-hydrogen) atoms. The van der Waals surface area contributed by atoms with Crippen molar-refractivity contribution in [2.24, 2.45) is 0 Å². The molecule has 0 unspecified atom stereocenters. The van der Waals surface area contributed by atoms with Crippen LogP contribution in [0.15, 0.2) is 52.4 Å². The number of halogens is 4. The summed E-state index contributed by atoms with van der Waals surface area (Å²) in [6.07, 6.45) is 8.58. The Morgan fingerprint density at radius 2 is 1.69 bits per heavy atom. The first-order valence-corrected chi connectivity index (χ1v) is 16.0. The number of H-pyrrole nitrogens is 1. The highest BCUT2D eigenvalue weighted by Crippen LogP contribution is 2.36. The average Bonchev–Trinajstić information content (AvgIpc) is 3.01. The molecule has 6 rings (SSSR count). The molecule has 1 atom stereocenters. The third kappa shape index (κ3) is 5.50. The number of nitrogens with one attached hydrogen (secondary N) is 1. The molecule has 2 aliphatic rings. The maximum Gasteiger partial charge on any atom is 0.272 e. The number of sulfonamides is 1. The fraction of sp³-hybridized carbons (Fsp3) is 0.355. The van der Waals surface area contributed by atoms with Gasteiger partial charge < -0.3 is 4.90 Å². The normalized spacial score (nSPS) is 17.8. The predicted octanol–water partition coefficient (Wildman–Crippen LogP) is 5.23. The van der Waals surface area contributed by atoms with Crippen LogP contribution >= 0.6 is 0 Å². The number of pyridine rings is 1. The van der Waals surface area contributed by atoms with Gasteiger partial charge in [0.1, 0.15) is 6.04 Å². The summed E-state index contributed by atoms with van der Waals surface area (Å²) in [4.78, 5) is 30.4. The number of carbonyl (C=O) groups is 1. The SMILES string of the molecule is Cc1c(F)c(F)c(S(=O)(=O)N2CC[C@@H]2C(=O)N(Cc2ccc(C3CCCCC3)nc2)c2ccc3c(=O)[nH]ncc3c2)c(F)c1F. The van der Waals surface area contributed by atoms with E-state index in [1.807, 2.05) is 12.1 Å². The van der Waals surface area contributed by atoms with Gasteiger partial charge in [-0.3, -0.25) is 14.6 Å². The molecule has 1 N–H and O–H groups in total. The lowest BCUT2D eigenvalue weighted by molar-refractivity contribution is -0.125. The Bertz CT molecular complexity index is 1930.